The van der Waals surface area contributed by atoms with Crippen molar-refractivity contribution in [1.29, 1.82) is 0 Å². The van der Waals surface area contributed by atoms with Crippen LogP contribution in [0.15, 0.2) is 60.9 Å². The summed E-state index contributed by atoms with van der Waals surface area (Å²) in [6.45, 7) is 4.19. The molecule has 0 saturated heterocycles. The summed E-state index contributed by atoms with van der Waals surface area (Å²) in [5, 5.41) is 14.5. The summed E-state index contributed by atoms with van der Waals surface area (Å²) in [6.07, 6.45) is -0.683. The normalized spacial score (nSPS) is 12.3. The molecule has 190 valence electrons. The molecule has 2 heterocycles. The monoisotopic (exact) mass is 500 g/mol. The molecule has 0 aliphatic carbocycles. The Balaban J connectivity index is 1.70. The van der Waals surface area contributed by atoms with Crippen molar-refractivity contribution in [2.45, 2.75) is 38.9 Å². The van der Waals surface area contributed by atoms with Gasteiger partial charge in [0.15, 0.2) is 0 Å². The van der Waals surface area contributed by atoms with Crippen LogP contribution >= 0.6 is 0 Å². The summed E-state index contributed by atoms with van der Waals surface area (Å²) in [6, 6.07) is 11.7. The molecule has 7 nitrogen and oxygen atoms in total. The second-order valence-corrected chi connectivity index (χ2v) is 8.71. The summed E-state index contributed by atoms with van der Waals surface area (Å²) >= 11 is 0. The molecule has 3 N–H and O–H groups in total. The molecule has 0 saturated carbocycles. The standard InChI is InChI=1S/C26H27F3N4O3/c1-16(2)13-22(33-23-10-6-19(15-32-23)25(36)30-12-11-24(34)35)18-5-9-21(31-14-18)17-3-7-20(8-4-17)26(27,28)29/h3-10,14-16,22H,11-13H2,1-2H3,(H,30,36)(H,32,33)(H,34,35). The van der Waals surface area contributed by atoms with E-state index in [0.29, 0.717) is 28.6 Å². The highest BCUT2D eigenvalue weighted by molar-refractivity contribution is 5.94. The van der Waals surface area contributed by atoms with Gasteiger partial charge in [-0.05, 0) is 48.2 Å². The van der Waals surface area contributed by atoms with Crippen LogP contribution in [0.5, 0.6) is 0 Å². The number of benzene rings is 1. The van der Waals surface area contributed by atoms with Crippen LogP contribution in [-0.4, -0.2) is 33.5 Å². The van der Waals surface area contributed by atoms with Crippen LogP contribution in [0.1, 0.15) is 54.2 Å². The van der Waals surface area contributed by atoms with Gasteiger partial charge in [-0.3, -0.25) is 14.6 Å². The Morgan fingerprint density at radius 2 is 1.69 bits per heavy atom. The van der Waals surface area contributed by atoms with Crippen molar-refractivity contribution in [2.24, 2.45) is 5.92 Å². The van der Waals surface area contributed by atoms with Crippen LogP contribution in [0, 0.1) is 5.92 Å². The summed E-state index contributed by atoms with van der Waals surface area (Å²) < 4.78 is 38.5. The van der Waals surface area contributed by atoms with E-state index < -0.39 is 23.6 Å². The minimum Gasteiger partial charge on any atom is -0.481 e. The van der Waals surface area contributed by atoms with Gasteiger partial charge in [-0.15, -0.1) is 0 Å². The number of carboxylic acid groups (broad SMARTS) is 1. The second-order valence-electron chi connectivity index (χ2n) is 8.71. The van der Waals surface area contributed by atoms with Gasteiger partial charge in [-0.2, -0.15) is 13.2 Å². The zero-order valence-electron chi connectivity index (χ0n) is 19.8. The number of nitrogens with one attached hydrogen (secondary N) is 2. The predicted molar refractivity (Wildman–Crippen MR) is 129 cm³/mol. The van der Waals surface area contributed by atoms with Crippen molar-refractivity contribution in [2.75, 3.05) is 11.9 Å². The number of carbonyl (C=O) groups excluding carboxylic acids is 1. The van der Waals surface area contributed by atoms with Crippen molar-refractivity contribution in [3.05, 3.63) is 77.6 Å². The van der Waals surface area contributed by atoms with Crippen molar-refractivity contribution in [3.8, 4) is 11.3 Å². The summed E-state index contributed by atoms with van der Waals surface area (Å²) in [7, 11) is 0. The molecule has 0 radical (unpaired) electrons. The quantitative estimate of drug-likeness (QED) is 0.336. The number of halogens is 3. The lowest BCUT2D eigenvalue weighted by molar-refractivity contribution is -0.138. The minimum atomic E-state index is -4.39. The maximum Gasteiger partial charge on any atom is 0.416 e. The molecule has 2 aromatic heterocycles. The summed E-state index contributed by atoms with van der Waals surface area (Å²) in [4.78, 5) is 31.5. The number of carboxylic acids is 1. The van der Waals surface area contributed by atoms with Gasteiger partial charge in [-0.1, -0.05) is 32.0 Å². The molecule has 0 aliphatic rings. The van der Waals surface area contributed by atoms with Crippen molar-refractivity contribution in [3.63, 3.8) is 0 Å². The molecule has 1 aromatic carbocycles. The van der Waals surface area contributed by atoms with Crippen LogP contribution in [0.2, 0.25) is 0 Å². The fourth-order valence-corrected chi connectivity index (χ4v) is 3.54. The average Bonchev–Trinajstić information content (AvgIpc) is 2.83. The zero-order valence-corrected chi connectivity index (χ0v) is 19.8. The first-order chi connectivity index (χ1) is 17.0. The van der Waals surface area contributed by atoms with Crippen LogP contribution in [0.4, 0.5) is 19.0 Å². The third-order valence-corrected chi connectivity index (χ3v) is 5.38. The number of rotatable bonds is 10. The lowest BCUT2D eigenvalue weighted by Crippen LogP contribution is -2.26. The Bertz CT molecular complexity index is 1160. The first-order valence-electron chi connectivity index (χ1n) is 11.4. The number of carbonyl (C=O) groups is 2. The molecule has 1 unspecified atom stereocenters. The first-order valence-corrected chi connectivity index (χ1v) is 11.4. The van der Waals surface area contributed by atoms with Gasteiger partial charge in [0.1, 0.15) is 5.82 Å². The van der Waals surface area contributed by atoms with E-state index in [1.165, 1.54) is 18.3 Å². The SMILES string of the molecule is CC(C)CC(Nc1ccc(C(=O)NCCC(=O)O)cn1)c1ccc(-c2ccc(C(F)(F)F)cc2)nc1. The topological polar surface area (TPSA) is 104 Å². The number of hydrogen-bond donors (Lipinski definition) is 3. The van der Waals surface area contributed by atoms with Crippen molar-refractivity contribution >= 4 is 17.7 Å². The van der Waals surface area contributed by atoms with E-state index >= 15 is 0 Å². The van der Waals surface area contributed by atoms with Gasteiger partial charge < -0.3 is 15.7 Å². The van der Waals surface area contributed by atoms with E-state index in [9.17, 15) is 22.8 Å². The fraction of sp³-hybridized carbons (Fsp3) is 0.308. The number of nitrogens with zero attached hydrogens (tertiary/aromatic N) is 2. The molecule has 1 amide bonds. The van der Waals surface area contributed by atoms with Gasteiger partial charge in [0, 0.05) is 24.5 Å². The predicted octanol–water partition coefficient (Wildman–Crippen LogP) is 5.57. The first kappa shape index (κ1) is 26.7. The molecule has 0 fully saturated rings. The third-order valence-electron chi connectivity index (χ3n) is 5.38. The van der Waals surface area contributed by atoms with E-state index in [1.54, 1.807) is 24.4 Å². The highest BCUT2D eigenvalue weighted by atomic mass is 19.4. The fourth-order valence-electron chi connectivity index (χ4n) is 3.54. The third kappa shape index (κ3) is 7.53. The van der Waals surface area contributed by atoms with Gasteiger partial charge in [0.05, 0.1) is 29.3 Å². The zero-order chi connectivity index (χ0) is 26.3. The highest BCUT2D eigenvalue weighted by Crippen LogP contribution is 2.31. The Labute approximate surface area is 206 Å². The van der Waals surface area contributed by atoms with Gasteiger partial charge in [-0.25, -0.2) is 4.98 Å². The number of pyridine rings is 2. The van der Waals surface area contributed by atoms with Gasteiger partial charge in [0.2, 0.25) is 0 Å². The van der Waals surface area contributed by atoms with Crippen molar-refractivity contribution < 1.29 is 27.9 Å². The molecule has 1 atom stereocenters. The number of amides is 1. The highest BCUT2D eigenvalue weighted by Gasteiger charge is 2.30. The van der Waals surface area contributed by atoms with Crippen LogP contribution in [0.3, 0.4) is 0 Å². The van der Waals surface area contributed by atoms with E-state index in [4.69, 9.17) is 5.11 Å². The molecule has 0 spiro atoms. The van der Waals surface area contributed by atoms with Gasteiger partial charge in [0.25, 0.3) is 5.91 Å². The van der Waals surface area contributed by atoms with Gasteiger partial charge >= 0.3 is 12.1 Å². The largest absolute Gasteiger partial charge is 0.481 e. The number of hydrogen-bond acceptors (Lipinski definition) is 5. The molecular weight excluding hydrogens is 473 g/mol. The van der Waals surface area contributed by atoms with Crippen LogP contribution < -0.4 is 10.6 Å². The molecular formula is C26H27F3N4O3. The number of aromatic nitrogens is 2. The average molecular weight is 501 g/mol. The number of anilines is 1. The lowest BCUT2D eigenvalue weighted by Gasteiger charge is -2.22. The van der Waals surface area contributed by atoms with E-state index in [2.05, 4.69) is 34.4 Å². The minimum absolute atomic E-state index is 0.0279. The second kappa shape index (κ2) is 11.7. The molecule has 3 aromatic rings. The van der Waals surface area contributed by atoms with E-state index in [1.807, 2.05) is 6.07 Å². The van der Waals surface area contributed by atoms with Crippen LogP contribution in [0.25, 0.3) is 11.3 Å². The Morgan fingerprint density at radius 1 is 0.972 bits per heavy atom. The summed E-state index contributed by atoms with van der Waals surface area (Å²) in [5.41, 5.74) is 1.64. The molecule has 10 heteroatoms. The molecule has 0 aliphatic heterocycles. The Morgan fingerprint density at radius 3 is 2.22 bits per heavy atom. The summed E-state index contributed by atoms with van der Waals surface area (Å²) in [5.74, 6) is -0.505. The number of aliphatic carboxylic acids is 1. The molecule has 36 heavy (non-hydrogen) atoms. The van der Waals surface area contributed by atoms with E-state index in [-0.39, 0.29) is 19.0 Å². The maximum atomic E-state index is 12.8. The Kier molecular flexibility index (Phi) is 8.63. The number of alkyl halides is 3. The van der Waals surface area contributed by atoms with Crippen LogP contribution in [-0.2, 0) is 11.0 Å². The smallest absolute Gasteiger partial charge is 0.416 e. The molecule has 3 rings (SSSR count). The lowest BCUT2D eigenvalue weighted by atomic mass is 9.97. The maximum absolute atomic E-state index is 12.8. The Hall–Kier alpha value is -3.95. The van der Waals surface area contributed by atoms with E-state index in [0.717, 1.165) is 24.1 Å². The van der Waals surface area contributed by atoms with Crippen molar-refractivity contribution in [1.82, 2.24) is 15.3 Å². The molecule has 0 bridgehead atoms.